The van der Waals surface area contributed by atoms with Crippen molar-refractivity contribution in [2.45, 2.75) is 44.0 Å². The Morgan fingerprint density at radius 2 is 1.62 bits per heavy atom. The van der Waals surface area contributed by atoms with E-state index in [1.165, 1.54) is 29.2 Å². The first-order valence-electron chi connectivity index (χ1n) is 12.8. The second kappa shape index (κ2) is 14.1. The van der Waals surface area contributed by atoms with E-state index in [1.807, 2.05) is 37.3 Å². The number of hydrogen-bond acceptors (Lipinski definition) is 4. The number of nitrogens with zero attached hydrogens (tertiary/aromatic N) is 2. The second-order valence-electron chi connectivity index (χ2n) is 8.96. The summed E-state index contributed by atoms with van der Waals surface area (Å²) in [6.45, 7) is 3.78. The Morgan fingerprint density at radius 3 is 2.21 bits per heavy atom. The molecule has 2 amide bonds. The molecule has 0 saturated heterocycles. The number of carbonyl (C=O) groups is 2. The molecule has 0 spiro atoms. The van der Waals surface area contributed by atoms with Crippen LogP contribution in [0.2, 0.25) is 5.02 Å². The highest BCUT2D eigenvalue weighted by atomic mass is 35.5. The topological polar surface area (TPSA) is 86.8 Å². The van der Waals surface area contributed by atoms with Crippen LogP contribution in [-0.2, 0) is 26.0 Å². The van der Waals surface area contributed by atoms with Crippen molar-refractivity contribution in [1.82, 2.24) is 10.2 Å². The molecule has 208 valence electrons. The van der Waals surface area contributed by atoms with E-state index in [4.69, 9.17) is 11.6 Å². The van der Waals surface area contributed by atoms with Crippen LogP contribution in [0.15, 0.2) is 83.8 Å². The lowest BCUT2D eigenvalue weighted by Crippen LogP contribution is -2.53. The van der Waals surface area contributed by atoms with Gasteiger partial charge in [-0.25, -0.2) is 12.8 Å². The number of sulfonamides is 1. The predicted molar refractivity (Wildman–Crippen MR) is 152 cm³/mol. The van der Waals surface area contributed by atoms with Gasteiger partial charge in [0.15, 0.2) is 0 Å². The normalized spacial score (nSPS) is 12.0. The summed E-state index contributed by atoms with van der Waals surface area (Å²) < 4.78 is 42.3. The van der Waals surface area contributed by atoms with Gasteiger partial charge in [-0.3, -0.25) is 13.9 Å². The van der Waals surface area contributed by atoms with E-state index in [2.05, 4.69) is 5.32 Å². The smallest absolute Gasteiger partial charge is 0.264 e. The second-order valence-corrected chi connectivity index (χ2v) is 11.2. The molecule has 0 aliphatic heterocycles. The molecule has 0 radical (unpaired) electrons. The maximum absolute atomic E-state index is 14.0. The highest BCUT2D eigenvalue weighted by molar-refractivity contribution is 7.92. The van der Waals surface area contributed by atoms with Crippen molar-refractivity contribution in [2.24, 2.45) is 0 Å². The molecular weight excluding hydrogens is 541 g/mol. The van der Waals surface area contributed by atoms with E-state index >= 15 is 0 Å². The van der Waals surface area contributed by atoms with Crippen LogP contribution in [0, 0.1) is 5.82 Å². The first kappa shape index (κ1) is 30.1. The zero-order chi connectivity index (χ0) is 28.4. The largest absolute Gasteiger partial charge is 0.354 e. The van der Waals surface area contributed by atoms with Gasteiger partial charge in [-0.05, 0) is 55.2 Å². The average Bonchev–Trinajstić information content (AvgIpc) is 2.95. The molecule has 1 unspecified atom stereocenters. The van der Waals surface area contributed by atoms with Crippen LogP contribution < -0.4 is 9.62 Å². The summed E-state index contributed by atoms with van der Waals surface area (Å²) in [5, 5.41) is 2.57. The molecule has 7 nitrogen and oxygen atoms in total. The Bertz CT molecular complexity index is 1360. The molecule has 0 aliphatic rings. The van der Waals surface area contributed by atoms with Crippen molar-refractivity contribution in [3.8, 4) is 0 Å². The molecule has 1 atom stereocenters. The number of carbonyl (C=O) groups excluding carboxylic acids is 2. The number of halogens is 2. The molecule has 0 fully saturated rings. The van der Waals surface area contributed by atoms with Gasteiger partial charge in [0.2, 0.25) is 11.8 Å². The van der Waals surface area contributed by atoms with Gasteiger partial charge >= 0.3 is 0 Å². The fraction of sp³-hybridized carbons (Fsp3) is 0.310. The number of rotatable bonds is 13. The number of anilines is 1. The van der Waals surface area contributed by atoms with Crippen molar-refractivity contribution in [3.63, 3.8) is 0 Å². The molecule has 0 bridgehead atoms. The minimum Gasteiger partial charge on any atom is -0.354 e. The summed E-state index contributed by atoms with van der Waals surface area (Å²) in [6, 6.07) is 19.8. The molecule has 10 heteroatoms. The molecule has 0 heterocycles. The van der Waals surface area contributed by atoms with Crippen molar-refractivity contribution < 1.29 is 22.4 Å². The summed E-state index contributed by atoms with van der Waals surface area (Å²) in [4.78, 5) is 28.3. The zero-order valence-electron chi connectivity index (χ0n) is 22.0. The van der Waals surface area contributed by atoms with Gasteiger partial charge in [-0.2, -0.15) is 0 Å². The van der Waals surface area contributed by atoms with Gasteiger partial charge in [-0.15, -0.1) is 0 Å². The van der Waals surface area contributed by atoms with E-state index in [1.54, 1.807) is 25.1 Å². The summed E-state index contributed by atoms with van der Waals surface area (Å²) in [6.07, 6.45) is 1.54. The third-order valence-corrected chi connectivity index (χ3v) is 8.30. The van der Waals surface area contributed by atoms with Gasteiger partial charge in [0, 0.05) is 13.1 Å². The van der Waals surface area contributed by atoms with E-state index in [0.29, 0.717) is 19.4 Å². The number of benzene rings is 3. The van der Waals surface area contributed by atoms with Gasteiger partial charge in [0.25, 0.3) is 10.0 Å². The van der Waals surface area contributed by atoms with E-state index in [-0.39, 0.29) is 28.1 Å². The Labute approximate surface area is 234 Å². The molecule has 3 aromatic rings. The maximum atomic E-state index is 14.0. The summed E-state index contributed by atoms with van der Waals surface area (Å²) in [7, 11) is -4.24. The van der Waals surface area contributed by atoms with Crippen molar-refractivity contribution in [2.75, 3.05) is 23.9 Å². The number of nitrogens with one attached hydrogen (secondary N) is 1. The van der Waals surface area contributed by atoms with Gasteiger partial charge in [0.1, 0.15) is 18.4 Å². The Hall–Kier alpha value is -3.43. The lowest BCUT2D eigenvalue weighted by molar-refractivity contribution is -0.139. The van der Waals surface area contributed by atoms with E-state index < -0.39 is 34.3 Å². The molecule has 1 N–H and O–H groups in total. The Balaban J connectivity index is 2.01. The number of amides is 2. The third kappa shape index (κ3) is 7.80. The van der Waals surface area contributed by atoms with Crippen molar-refractivity contribution in [1.29, 1.82) is 0 Å². The van der Waals surface area contributed by atoms with Crippen LogP contribution in [0.1, 0.15) is 32.3 Å². The Kier molecular flexibility index (Phi) is 10.9. The molecule has 0 aliphatic carbocycles. The molecule has 39 heavy (non-hydrogen) atoms. The van der Waals surface area contributed by atoms with Gasteiger partial charge in [0.05, 0.1) is 15.6 Å². The summed E-state index contributed by atoms with van der Waals surface area (Å²) in [5.74, 6) is -1.58. The first-order chi connectivity index (χ1) is 18.7. The van der Waals surface area contributed by atoms with Crippen LogP contribution in [-0.4, -0.2) is 50.8 Å². The van der Waals surface area contributed by atoms with Crippen LogP contribution >= 0.6 is 11.6 Å². The lowest BCUT2D eigenvalue weighted by atomic mass is 10.1. The highest BCUT2D eigenvalue weighted by Crippen LogP contribution is 2.28. The fourth-order valence-corrected chi connectivity index (χ4v) is 5.75. The van der Waals surface area contributed by atoms with Crippen molar-refractivity contribution in [3.05, 3.63) is 95.3 Å². The van der Waals surface area contributed by atoms with Crippen LogP contribution in [0.25, 0.3) is 0 Å². The molecular formula is C29H33ClFN3O4S. The SMILES string of the molecule is CCCNC(=O)C(CC)N(CCc1ccccc1)C(=O)CN(c1ccc(F)c(Cl)c1)S(=O)(=O)c1ccccc1. The number of hydrogen-bond donors (Lipinski definition) is 1. The van der Waals surface area contributed by atoms with E-state index in [0.717, 1.165) is 22.4 Å². The van der Waals surface area contributed by atoms with Crippen molar-refractivity contribution >= 4 is 39.1 Å². The maximum Gasteiger partial charge on any atom is 0.264 e. The molecule has 3 aromatic carbocycles. The lowest BCUT2D eigenvalue weighted by Gasteiger charge is -2.33. The summed E-state index contributed by atoms with van der Waals surface area (Å²) >= 11 is 5.99. The standard InChI is InChI=1S/C29H33ClFN3O4S/c1-3-18-32-29(36)27(4-2)33(19-17-22-11-7-5-8-12-22)28(35)21-34(23-15-16-26(31)25(30)20-23)39(37,38)24-13-9-6-10-14-24/h5-16,20,27H,3-4,17-19,21H2,1-2H3,(H,32,36). The minimum absolute atomic E-state index is 0.0325. The predicted octanol–water partition coefficient (Wildman–Crippen LogP) is 5.05. The highest BCUT2D eigenvalue weighted by Gasteiger charge is 2.33. The minimum atomic E-state index is -4.24. The molecule has 3 rings (SSSR count). The molecule has 0 saturated carbocycles. The Morgan fingerprint density at radius 1 is 0.974 bits per heavy atom. The monoisotopic (exact) mass is 573 g/mol. The molecule has 0 aromatic heterocycles. The summed E-state index contributed by atoms with van der Waals surface area (Å²) in [5.41, 5.74) is 1.00. The van der Waals surface area contributed by atoms with Crippen LogP contribution in [0.5, 0.6) is 0 Å². The quantitative estimate of drug-likeness (QED) is 0.310. The zero-order valence-corrected chi connectivity index (χ0v) is 23.6. The van der Waals surface area contributed by atoms with E-state index in [9.17, 15) is 22.4 Å². The third-order valence-electron chi connectivity index (χ3n) is 6.22. The van der Waals surface area contributed by atoms with Crippen LogP contribution in [0.3, 0.4) is 0 Å². The first-order valence-corrected chi connectivity index (χ1v) is 14.6. The van der Waals surface area contributed by atoms with Gasteiger partial charge in [-0.1, -0.05) is 74.0 Å². The van der Waals surface area contributed by atoms with Crippen LogP contribution in [0.4, 0.5) is 10.1 Å². The fourth-order valence-electron chi connectivity index (χ4n) is 4.15. The van der Waals surface area contributed by atoms with Gasteiger partial charge < -0.3 is 10.2 Å². The average molecular weight is 574 g/mol.